The summed E-state index contributed by atoms with van der Waals surface area (Å²) in [6.07, 6.45) is 0.871. The molecule has 0 spiro atoms. The zero-order chi connectivity index (χ0) is 11.7. The van der Waals surface area contributed by atoms with Gasteiger partial charge in [0.1, 0.15) is 5.75 Å². The predicted octanol–water partition coefficient (Wildman–Crippen LogP) is 2.95. The number of aromatic nitrogens is 1. The van der Waals surface area contributed by atoms with Gasteiger partial charge in [0.05, 0.1) is 10.0 Å². The van der Waals surface area contributed by atoms with Crippen molar-refractivity contribution >= 4 is 21.7 Å². The van der Waals surface area contributed by atoms with Gasteiger partial charge in [-0.2, -0.15) is 0 Å². The number of phenolic OH excluding ortho intramolecular Hbond substituents is 1. The Kier molecular flexibility index (Phi) is 2.87. The van der Waals surface area contributed by atoms with E-state index in [1.54, 1.807) is 6.07 Å². The van der Waals surface area contributed by atoms with Crippen LogP contribution in [0.5, 0.6) is 5.75 Å². The molecule has 1 aromatic carbocycles. The maximum absolute atomic E-state index is 9.90. The van der Waals surface area contributed by atoms with Crippen LogP contribution >= 0.6 is 15.9 Å². The van der Waals surface area contributed by atoms with Gasteiger partial charge in [-0.25, -0.2) is 0 Å². The molecule has 16 heavy (non-hydrogen) atoms. The molecule has 84 valence electrons. The molecule has 0 fully saturated rings. The van der Waals surface area contributed by atoms with Crippen molar-refractivity contribution < 1.29 is 9.63 Å². The van der Waals surface area contributed by atoms with Gasteiger partial charge in [-0.15, -0.1) is 0 Å². The topological polar surface area (TPSA) is 72.3 Å². The molecule has 2 aromatic rings. The van der Waals surface area contributed by atoms with Gasteiger partial charge in [-0.05, 0) is 40.0 Å². The lowest BCUT2D eigenvalue weighted by Crippen LogP contribution is -1.85. The van der Waals surface area contributed by atoms with Gasteiger partial charge in [0, 0.05) is 6.07 Å². The minimum absolute atomic E-state index is 0.133. The Bertz CT molecular complexity index is 523. The minimum Gasteiger partial charge on any atom is -0.506 e. The largest absolute Gasteiger partial charge is 0.506 e. The average molecular weight is 283 g/mol. The number of aryl methyl sites for hydroxylation is 1. The second kappa shape index (κ2) is 4.17. The highest BCUT2D eigenvalue weighted by atomic mass is 79.9. The maximum atomic E-state index is 9.90. The SMILES string of the molecule is CCc1cc(Br)c(O)c(-c2cc(N)no2)c1. The van der Waals surface area contributed by atoms with E-state index in [0.29, 0.717) is 21.6 Å². The molecule has 5 heteroatoms. The lowest BCUT2D eigenvalue weighted by atomic mass is 10.1. The van der Waals surface area contributed by atoms with E-state index in [0.717, 1.165) is 12.0 Å². The predicted molar refractivity (Wildman–Crippen MR) is 65.1 cm³/mol. The number of hydrogen-bond acceptors (Lipinski definition) is 4. The van der Waals surface area contributed by atoms with Crippen molar-refractivity contribution in [2.24, 2.45) is 0 Å². The first-order valence-electron chi connectivity index (χ1n) is 4.85. The van der Waals surface area contributed by atoms with Crippen LogP contribution in [0.2, 0.25) is 0 Å². The summed E-state index contributed by atoms with van der Waals surface area (Å²) in [6.45, 7) is 2.04. The van der Waals surface area contributed by atoms with Crippen LogP contribution in [0.25, 0.3) is 11.3 Å². The Morgan fingerprint density at radius 3 is 2.75 bits per heavy atom. The van der Waals surface area contributed by atoms with Gasteiger partial charge < -0.3 is 15.4 Å². The maximum Gasteiger partial charge on any atom is 0.172 e. The van der Waals surface area contributed by atoms with E-state index in [4.69, 9.17) is 10.3 Å². The zero-order valence-electron chi connectivity index (χ0n) is 8.70. The molecule has 0 unspecified atom stereocenters. The standard InChI is InChI=1S/C11H11BrN2O2/c1-2-6-3-7(11(15)8(12)4-6)9-5-10(13)14-16-9/h3-5,15H,2H2,1H3,(H2,13,14). The molecule has 2 rings (SSSR count). The van der Waals surface area contributed by atoms with Gasteiger partial charge in [0.25, 0.3) is 0 Å². The average Bonchev–Trinajstić information content (AvgIpc) is 2.68. The van der Waals surface area contributed by atoms with Gasteiger partial charge in [0.2, 0.25) is 0 Å². The van der Waals surface area contributed by atoms with Crippen LogP contribution in [-0.2, 0) is 6.42 Å². The zero-order valence-corrected chi connectivity index (χ0v) is 10.3. The third-order valence-corrected chi connectivity index (χ3v) is 2.93. The number of nitrogens with zero attached hydrogens (tertiary/aromatic N) is 1. The van der Waals surface area contributed by atoms with Gasteiger partial charge in [0.15, 0.2) is 11.6 Å². The molecule has 1 aromatic heterocycles. The summed E-state index contributed by atoms with van der Waals surface area (Å²) >= 11 is 3.30. The van der Waals surface area contributed by atoms with Gasteiger partial charge in [-0.3, -0.25) is 0 Å². The number of halogens is 1. The molecule has 0 atom stereocenters. The molecule has 4 nitrogen and oxygen atoms in total. The van der Waals surface area contributed by atoms with E-state index in [1.807, 2.05) is 19.1 Å². The first-order valence-corrected chi connectivity index (χ1v) is 5.65. The highest BCUT2D eigenvalue weighted by Gasteiger charge is 2.13. The van der Waals surface area contributed by atoms with Crippen molar-refractivity contribution in [3.63, 3.8) is 0 Å². The third-order valence-electron chi connectivity index (χ3n) is 2.33. The molecule has 0 amide bonds. The summed E-state index contributed by atoms with van der Waals surface area (Å²) in [5.41, 5.74) is 7.16. The highest BCUT2D eigenvalue weighted by molar-refractivity contribution is 9.10. The van der Waals surface area contributed by atoms with Gasteiger partial charge >= 0.3 is 0 Å². The summed E-state index contributed by atoms with van der Waals surface area (Å²) in [4.78, 5) is 0. The quantitative estimate of drug-likeness (QED) is 0.888. The van der Waals surface area contributed by atoms with Crippen LogP contribution in [0.4, 0.5) is 5.82 Å². The third kappa shape index (κ3) is 1.90. The van der Waals surface area contributed by atoms with Crippen LogP contribution in [0.3, 0.4) is 0 Å². The van der Waals surface area contributed by atoms with E-state index in [1.165, 1.54) is 0 Å². The van der Waals surface area contributed by atoms with Crippen molar-refractivity contribution in [3.05, 3.63) is 28.2 Å². The number of rotatable bonds is 2. The van der Waals surface area contributed by atoms with E-state index >= 15 is 0 Å². The van der Waals surface area contributed by atoms with Crippen molar-refractivity contribution in [1.29, 1.82) is 0 Å². The van der Waals surface area contributed by atoms with Crippen LogP contribution in [0.1, 0.15) is 12.5 Å². The second-order valence-electron chi connectivity index (χ2n) is 3.44. The number of nitrogen functional groups attached to an aromatic ring is 1. The molecule has 3 N–H and O–H groups in total. The van der Waals surface area contributed by atoms with E-state index in [-0.39, 0.29) is 5.75 Å². The minimum atomic E-state index is 0.133. The second-order valence-corrected chi connectivity index (χ2v) is 4.30. The number of benzene rings is 1. The molecule has 0 aliphatic carbocycles. The fourth-order valence-corrected chi connectivity index (χ4v) is 1.97. The number of anilines is 1. The van der Waals surface area contributed by atoms with E-state index in [9.17, 15) is 5.11 Å². The fourth-order valence-electron chi connectivity index (χ4n) is 1.46. The van der Waals surface area contributed by atoms with Crippen LogP contribution < -0.4 is 5.73 Å². The Morgan fingerprint density at radius 2 is 2.19 bits per heavy atom. The number of aromatic hydroxyl groups is 1. The fraction of sp³-hybridized carbons (Fsp3) is 0.182. The number of hydrogen-bond donors (Lipinski definition) is 2. The van der Waals surface area contributed by atoms with Crippen molar-refractivity contribution in [1.82, 2.24) is 5.16 Å². The molecule has 1 heterocycles. The summed E-state index contributed by atoms with van der Waals surface area (Å²) in [6, 6.07) is 5.32. The Labute approximate surface area is 101 Å². The first kappa shape index (κ1) is 11.0. The van der Waals surface area contributed by atoms with Crippen LogP contribution in [0, 0.1) is 0 Å². The van der Waals surface area contributed by atoms with Crippen LogP contribution in [-0.4, -0.2) is 10.3 Å². The molecular weight excluding hydrogens is 272 g/mol. The lowest BCUT2D eigenvalue weighted by molar-refractivity contribution is 0.428. The number of phenols is 1. The molecular formula is C11H11BrN2O2. The van der Waals surface area contributed by atoms with Crippen molar-refractivity contribution in [2.45, 2.75) is 13.3 Å². The smallest absolute Gasteiger partial charge is 0.172 e. The van der Waals surface area contributed by atoms with Gasteiger partial charge in [-0.1, -0.05) is 12.1 Å². The van der Waals surface area contributed by atoms with Crippen molar-refractivity contribution in [3.8, 4) is 17.1 Å². The summed E-state index contributed by atoms with van der Waals surface area (Å²) in [5, 5.41) is 13.5. The Morgan fingerprint density at radius 1 is 1.44 bits per heavy atom. The molecule has 0 aliphatic heterocycles. The van der Waals surface area contributed by atoms with Crippen LogP contribution in [0.15, 0.2) is 27.2 Å². The highest BCUT2D eigenvalue weighted by Crippen LogP contribution is 2.37. The monoisotopic (exact) mass is 282 g/mol. The molecule has 0 radical (unpaired) electrons. The first-order chi connectivity index (χ1) is 7.61. The van der Waals surface area contributed by atoms with E-state index in [2.05, 4.69) is 21.1 Å². The number of nitrogens with two attached hydrogens (primary N) is 1. The molecule has 0 aliphatic rings. The Hall–Kier alpha value is -1.49. The summed E-state index contributed by atoms with van der Waals surface area (Å²) in [5.74, 6) is 0.895. The van der Waals surface area contributed by atoms with Crippen molar-refractivity contribution in [2.75, 3.05) is 5.73 Å². The normalized spacial score (nSPS) is 10.6. The lowest BCUT2D eigenvalue weighted by Gasteiger charge is -2.06. The molecule has 0 saturated carbocycles. The summed E-state index contributed by atoms with van der Waals surface area (Å²) in [7, 11) is 0. The Balaban J connectivity index is 2.59. The van der Waals surface area contributed by atoms with E-state index < -0.39 is 0 Å². The molecule has 0 saturated heterocycles. The summed E-state index contributed by atoms with van der Waals surface area (Å²) < 4.78 is 5.67. The molecule has 0 bridgehead atoms.